The van der Waals surface area contributed by atoms with Crippen LogP contribution >= 0.6 is 11.3 Å². The fourth-order valence-electron chi connectivity index (χ4n) is 2.57. The van der Waals surface area contributed by atoms with Gasteiger partial charge < -0.3 is 10.0 Å². The molecule has 3 nitrogen and oxygen atoms in total. The van der Waals surface area contributed by atoms with Crippen molar-refractivity contribution in [3.8, 4) is 11.8 Å². The molecule has 1 aromatic rings. The van der Waals surface area contributed by atoms with Crippen molar-refractivity contribution in [2.24, 2.45) is 0 Å². The summed E-state index contributed by atoms with van der Waals surface area (Å²) in [7, 11) is 4.35. The number of thiophene rings is 1. The summed E-state index contributed by atoms with van der Waals surface area (Å²) in [5.41, 5.74) is 1.08. The molecule has 1 saturated heterocycles. The van der Waals surface area contributed by atoms with Crippen LogP contribution in [0.15, 0.2) is 11.4 Å². The van der Waals surface area contributed by atoms with E-state index in [9.17, 15) is 0 Å². The Hall–Kier alpha value is -0.860. The molecule has 4 heteroatoms. The molecule has 1 aliphatic heterocycles. The second-order valence-corrected chi connectivity index (χ2v) is 6.57. The fraction of sp³-hybridized carbons (Fsp3) is 0.625. The molecular formula is C16H24N2OS. The van der Waals surface area contributed by atoms with Crippen molar-refractivity contribution in [3.05, 3.63) is 21.9 Å². The summed E-state index contributed by atoms with van der Waals surface area (Å²) in [6.45, 7) is 3.55. The van der Waals surface area contributed by atoms with Gasteiger partial charge in [0.05, 0.1) is 6.61 Å². The van der Waals surface area contributed by atoms with E-state index in [4.69, 9.17) is 5.11 Å². The Balaban J connectivity index is 1.89. The van der Waals surface area contributed by atoms with Gasteiger partial charge in [0, 0.05) is 41.4 Å². The molecule has 0 aromatic carbocycles. The lowest BCUT2D eigenvalue weighted by Crippen LogP contribution is -2.44. The predicted octanol–water partition coefficient (Wildman–Crippen LogP) is 2.01. The van der Waals surface area contributed by atoms with Gasteiger partial charge >= 0.3 is 0 Å². The number of hydrogen-bond donors (Lipinski definition) is 1. The Morgan fingerprint density at radius 1 is 1.50 bits per heavy atom. The average Bonchev–Trinajstić information content (AvgIpc) is 2.87. The minimum absolute atomic E-state index is 0.143. The van der Waals surface area contributed by atoms with Crippen molar-refractivity contribution in [3.63, 3.8) is 0 Å². The van der Waals surface area contributed by atoms with E-state index >= 15 is 0 Å². The molecular weight excluding hydrogens is 268 g/mol. The minimum Gasteiger partial charge on any atom is -0.395 e. The Kier molecular flexibility index (Phi) is 6.06. The number of nitrogens with zero attached hydrogens (tertiary/aromatic N) is 2. The molecule has 0 spiro atoms. The van der Waals surface area contributed by atoms with Gasteiger partial charge in [0.25, 0.3) is 0 Å². The Bertz CT molecular complexity index is 472. The number of likely N-dealkylation sites (tertiary alicyclic amines) is 1. The van der Waals surface area contributed by atoms with Crippen LogP contribution in [-0.2, 0) is 6.54 Å². The van der Waals surface area contributed by atoms with E-state index in [1.165, 1.54) is 24.3 Å². The van der Waals surface area contributed by atoms with E-state index in [-0.39, 0.29) is 6.61 Å². The molecule has 0 radical (unpaired) electrons. The number of rotatable bonds is 4. The highest BCUT2D eigenvalue weighted by molar-refractivity contribution is 7.10. The molecule has 2 heterocycles. The normalized spacial score (nSPS) is 19.9. The molecule has 0 aliphatic carbocycles. The first-order chi connectivity index (χ1) is 9.69. The topological polar surface area (TPSA) is 26.7 Å². The largest absolute Gasteiger partial charge is 0.395 e. The summed E-state index contributed by atoms with van der Waals surface area (Å²) in [4.78, 5) is 6.27. The number of hydrogen-bond acceptors (Lipinski definition) is 4. The van der Waals surface area contributed by atoms with E-state index in [0.29, 0.717) is 12.5 Å². The van der Waals surface area contributed by atoms with Gasteiger partial charge in [-0.1, -0.05) is 11.8 Å². The zero-order valence-corrected chi connectivity index (χ0v) is 13.2. The van der Waals surface area contributed by atoms with Gasteiger partial charge in [0.2, 0.25) is 0 Å². The maximum atomic E-state index is 8.72. The van der Waals surface area contributed by atoms with Crippen molar-refractivity contribution in [2.75, 3.05) is 33.8 Å². The van der Waals surface area contributed by atoms with Crippen LogP contribution in [0, 0.1) is 11.8 Å². The van der Waals surface area contributed by atoms with Crippen LogP contribution in [0.2, 0.25) is 0 Å². The molecule has 1 N–H and O–H groups in total. The third kappa shape index (κ3) is 4.60. The van der Waals surface area contributed by atoms with E-state index < -0.39 is 0 Å². The second-order valence-electron chi connectivity index (χ2n) is 5.57. The molecule has 0 bridgehead atoms. The number of aliphatic hydroxyl groups excluding tert-OH is 1. The van der Waals surface area contributed by atoms with Gasteiger partial charge in [-0.2, -0.15) is 0 Å². The van der Waals surface area contributed by atoms with E-state index in [1.807, 2.05) is 0 Å². The smallest absolute Gasteiger partial charge is 0.0540 e. The summed E-state index contributed by atoms with van der Waals surface area (Å²) in [6.07, 6.45) is 3.16. The summed E-state index contributed by atoms with van der Waals surface area (Å²) < 4.78 is 0. The van der Waals surface area contributed by atoms with Crippen molar-refractivity contribution in [1.29, 1.82) is 0 Å². The van der Waals surface area contributed by atoms with Crippen LogP contribution in [0.1, 0.15) is 29.7 Å². The fourth-order valence-corrected chi connectivity index (χ4v) is 3.42. The molecule has 0 saturated carbocycles. The number of likely N-dealkylation sites (N-methyl/N-ethyl adjacent to an activating group) is 1. The summed E-state index contributed by atoms with van der Waals surface area (Å²) >= 11 is 1.79. The molecule has 1 aromatic heterocycles. The first-order valence-corrected chi connectivity index (χ1v) is 8.13. The third-order valence-corrected chi connectivity index (χ3v) is 4.64. The minimum atomic E-state index is 0.143. The molecule has 110 valence electrons. The molecule has 2 rings (SSSR count). The van der Waals surface area contributed by atoms with Crippen LogP contribution < -0.4 is 0 Å². The molecule has 1 unspecified atom stereocenters. The van der Waals surface area contributed by atoms with Crippen LogP contribution in [0.3, 0.4) is 0 Å². The van der Waals surface area contributed by atoms with E-state index in [2.05, 4.69) is 47.2 Å². The molecule has 1 fully saturated rings. The van der Waals surface area contributed by atoms with E-state index in [0.717, 1.165) is 18.7 Å². The van der Waals surface area contributed by atoms with Crippen LogP contribution in [0.25, 0.3) is 0 Å². The molecule has 0 amide bonds. The average molecular weight is 292 g/mol. The third-order valence-electron chi connectivity index (χ3n) is 3.71. The monoisotopic (exact) mass is 292 g/mol. The molecule has 20 heavy (non-hydrogen) atoms. The Morgan fingerprint density at radius 2 is 2.35 bits per heavy atom. The lowest BCUT2D eigenvalue weighted by molar-refractivity contribution is 0.129. The van der Waals surface area contributed by atoms with Crippen molar-refractivity contribution in [1.82, 2.24) is 9.80 Å². The highest BCUT2D eigenvalue weighted by Gasteiger charge is 2.21. The van der Waals surface area contributed by atoms with Crippen molar-refractivity contribution >= 4 is 11.3 Å². The zero-order valence-electron chi connectivity index (χ0n) is 12.4. The maximum Gasteiger partial charge on any atom is 0.0540 e. The first-order valence-electron chi connectivity index (χ1n) is 7.25. The van der Waals surface area contributed by atoms with Gasteiger partial charge in [-0.25, -0.2) is 0 Å². The number of aliphatic hydroxyl groups is 1. The van der Waals surface area contributed by atoms with Crippen LogP contribution in [0.5, 0.6) is 0 Å². The number of piperidine rings is 1. The Labute approximate surface area is 126 Å². The standard InChI is InChI=1S/C16H24N2OS/c1-17(2)15-7-5-8-18(11-15)12-16-10-14(13-20-16)6-3-4-9-19/h10,13,15,19H,4-5,7-9,11-12H2,1-2H3. The van der Waals surface area contributed by atoms with Gasteiger partial charge in [-0.15, -0.1) is 11.3 Å². The SMILES string of the molecule is CN(C)C1CCCN(Cc2cc(C#CCCO)cs2)C1. The van der Waals surface area contributed by atoms with Crippen molar-refractivity contribution in [2.45, 2.75) is 31.8 Å². The first kappa shape index (κ1) is 15.5. The lowest BCUT2D eigenvalue weighted by atomic mass is 10.0. The van der Waals surface area contributed by atoms with Crippen molar-refractivity contribution < 1.29 is 5.11 Å². The van der Waals surface area contributed by atoms with Gasteiger partial charge in [-0.05, 0) is 39.5 Å². The lowest BCUT2D eigenvalue weighted by Gasteiger charge is -2.35. The maximum absolute atomic E-state index is 8.72. The second kappa shape index (κ2) is 7.80. The summed E-state index contributed by atoms with van der Waals surface area (Å²) in [5, 5.41) is 10.8. The zero-order chi connectivity index (χ0) is 14.4. The highest BCUT2D eigenvalue weighted by Crippen LogP contribution is 2.20. The summed E-state index contributed by atoms with van der Waals surface area (Å²) in [5.74, 6) is 6.08. The van der Waals surface area contributed by atoms with Gasteiger partial charge in [0.15, 0.2) is 0 Å². The van der Waals surface area contributed by atoms with Gasteiger partial charge in [-0.3, -0.25) is 4.90 Å². The Morgan fingerprint density at radius 3 is 3.10 bits per heavy atom. The van der Waals surface area contributed by atoms with Gasteiger partial charge in [0.1, 0.15) is 0 Å². The molecule has 1 atom stereocenters. The predicted molar refractivity (Wildman–Crippen MR) is 84.9 cm³/mol. The molecule has 1 aliphatic rings. The quantitative estimate of drug-likeness (QED) is 0.860. The van der Waals surface area contributed by atoms with Crippen LogP contribution in [0.4, 0.5) is 0 Å². The van der Waals surface area contributed by atoms with E-state index in [1.54, 1.807) is 11.3 Å². The van der Waals surface area contributed by atoms with Crippen LogP contribution in [-0.4, -0.2) is 54.7 Å². The highest BCUT2D eigenvalue weighted by atomic mass is 32.1. The summed E-state index contributed by atoms with van der Waals surface area (Å²) in [6, 6.07) is 2.88.